The van der Waals surface area contributed by atoms with Crippen molar-refractivity contribution in [2.45, 2.75) is 6.54 Å². The van der Waals surface area contributed by atoms with E-state index in [9.17, 15) is 0 Å². The van der Waals surface area contributed by atoms with Crippen molar-refractivity contribution in [1.29, 1.82) is 0 Å². The van der Waals surface area contributed by atoms with Crippen LogP contribution in [0.2, 0.25) is 0 Å². The van der Waals surface area contributed by atoms with Gasteiger partial charge in [0.2, 0.25) is 6.33 Å². The van der Waals surface area contributed by atoms with Crippen molar-refractivity contribution >= 4 is 22.6 Å². The minimum Gasteiger partial charge on any atom is -0.240 e. The van der Waals surface area contributed by atoms with E-state index >= 15 is 0 Å². The second kappa shape index (κ2) is 3.20. The third kappa shape index (κ3) is 1.97. The summed E-state index contributed by atoms with van der Waals surface area (Å²) >= 11 is 2.37. The Labute approximate surface area is 68.6 Å². The number of halogens is 1. The maximum absolute atomic E-state index is 2.37. The molecule has 50 valence electrons. The van der Waals surface area contributed by atoms with Crippen LogP contribution in [0.5, 0.6) is 0 Å². The molecule has 0 N–H and O–H groups in total. The number of imidazole rings is 1. The van der Waals surface area contributed by atoms with Gasteiger partial charge in [0, 0.05) is 4.43 Å². The molecule has 0 bridgehead atoms. The minimum atomic E-state index is 1.11. The Hall–Kier alpha value is -0.0600. The van der Waals surface area contributed by atoms with Gasteiger partial charge in [-0.1, -0.05) is 22.6 Å². The fourth-order valence-corrected chi connectivity index (χ4v) is 1.29. The largest absolute Gasteiger partial charge is 0.243 e. The first-order valence-electron chi connectivity index (χ1n) is 2.90. The van der Waals surface area contributed by atoms with Crippen molar-refractivity contribution in [3.63, 3.8) is 0 Å². The van der Waals surface area contributed by atoms with Crippen LogP contribution in [-0.2, 0) is 13.6 Å². The van der Waals surface area contributed by atoms with E-state index in [1.54, 1.807) is 0 Å². The molecule has 3 heteroatoms. The molecule has 0 aliphatic rings. The molecule has 0 unspecified atom stereocenters. The standard InChI is InChI=1S/C6H10IN2/c1-8-4-5-9(6-8)3-2-7/h4-6H,2-3H2,1H3/q+1. The molecule has 0 amide bonds. The molecule has 0 aliphatic heterocycles. The quantitative estimate of drug-likeness (QED) is 0.407. The van der Waals surface area contributed by atoms with E-state index in [0.717, 1.165) is 6.54 Å². The highest BCUT2D eigenvalue weighted by molar-refractivity contribution is 14.1. The van der Waals surface area contributed by atoms with Crippen LogP contribution in [0.4, 0.5) is 0 Å². The molecule has 0 atom stereocenters. The van der Waals surface area contributed by atoms with Gasteiger partial charge in [0.05, 0.1) is 13.6 Å². The molecule has 2 nitrogen and oxygen atoms in total. The third-order valence-corrected chi connectivity index (χ3v) is 1.65. The monoisotopic (exact) mass is 237 g/mol. The summed E-state index contributed by atoms with van der Waals surface area (Å²) in [7, 11) is 2.03. The van der Waals surface area contributed by atoms with Crippen LogP contribution in [0.25, 0.3) is 0 Å². The van der Waals surface area contributed by atoms with Gasteiger partial charge in [0.25, 0.3) is 0 Å². The van der Waals surface area contributed by atoms with Crippen LogP contribution in [0, 0.1) is 0 Å². The lowest BCUT2D eigenvalue weighted by molar-refractivity contribution is -0.671. The van der Waals surface area contributed by atoms with Gasteiger partial charge >= 0.3 is 0 Å². The van der Waals surface area contributed by atoms with Gasteiger partial charge in [-0.05, 0) is 0 Å². The topological polar surface area (TPSA) is 8.81 Å². The number of rotatable bonds is 2. The summed E-state index contributed by atoms with van der Waals surface area (Å²) in [6.07, 6.45) is 6.21. The molecule has 0 saturated heterocycles. The lowest BCUT2D eigenvalue weighted by atomic mass is 10.7. The molecule has 0 fully saturated rings. The van der Waals surface area contributed by atoms with Crippen LogP contribution in [-0.4, -0.2) is 8.99 Å². The molecular formula is C6H10IN2+. The summed E-state index contributed by atoms with van der Waals surface area (Å²) in [4.78, 5) is 0. The number of nitrogens with zero attached hydrogens (tertiary/aromatic N) is 2. The summed E-state index contributed by atoms with van der Waals surface area (Å²) in [5.74, 6) is 0. The van der Waals surface area contributed by atoms with Crippen LogP contribution in [0.15, 0.2) is 18.7 Å². The second-order valence-electron chi connectivity index (χ2n) is 2.01. The average Bonchev–Trinajstić information content (AvgIpc) is 2.17. The van der Waals surface area contributed by atoms with Gasteiger partial charge < -0.3 is 0 Å². The average molecular weight is 237 g/mol. The summed E-state index contributed by atoms with van der Waals surface area (Å²) < 4.78 is 5.39. The zero-order valence-electron chi connectivity index (χ0n) is 5.42. The molecule has 0 radical (unpaired) electrons. The Morgan fingerprint density at radius 3 is 2.89 bits per heavy atom. The van der Waals surface area contributed by atoms with E-state index in [1.807, 2.05) is 17.8 Å². The van der Waals surface area contributed by atoms with Crippen LogP contribution in [0.1, 0.15) is 0 Å². The fraction of sp³-hybridized carbons (Fsp3) is 0.500. The fourth-order valence-electron chi connectivity index (χ4n) is 0.732. The Morgan fingerprint density at radius 1 is 1.67 bits per heavy atom. The van der Waals surface area contributed by atoms with Crippen molar-refractivity contribution in [1.82, 2.24) is 4.57 Å². The van der Waals surface area contributed by atoms with E-state index in [2.05, 4.69) is 39.7 Å². The normalized spacial score (nSPS) is 10.0. The lowest BCUT2D eigenvalue weighted by Crippen LogP contribution is -2.23. The summed E-state index contributed by atoms with van der Waals surface area (Å²) in [5, 5.41) is 0. The zero-order valence-corrected chi connectivity index (χ0v) is 7.58. The molecule has 0 aromatic carbocycles. The summed E-state index contributed by atoms with van der Waals surface area (Å²) in [5.41, 5.74) is 0. The Bertz CT molecular complexity index is 183. The maximum Gasteiger partial charge on any atom is 0.243 e. The van der Waals surface area contributed by atoms with Gasteiger partial charge in [-0.3, -0.25) is 0 Å². The molecular weight excluding hydrogens is 227 g/mol. The molecule has 1 rings (SSSR count). The molecule has 1 aromatic heterocycles. The highest BCUT2D eigenvalue weighted by atomic mass is 127. The summed E-state index contributed by atoms with van der Waals surface area (Å²) in [6, 6.07) is 0. The van der Waals surface area contributed by atoms with Gasteiger partial charge in [-0.15, -0.1) is 0 Å². The Kier molecular flexibility index (Phi) is 2.50. The second-order valence-corrected chi connectivity index (χ2v) is 3.08. The smallest absolute Gasteiger partial charge is 0.240 e. The first-order valence-corrected chi connectivity index (χ1v) is 4.42. The third-order valence-electron chi connectivity index (χ3n) is 1.17. The molecule has 0 saturated carbocycles. The molecule has 0 spiro atoms. The Balaban J connectivity index is 2.61. The van der Waals surface area contributed by atoms with Gasteiger partial charge in [-0.25, -0.2) is 9.13 Å². The first kappa shape index (κ1) is 7.05. The highest BCUT2D eigenvalue weighted by Crippen LogP contribution is 1.87. The van der Waals surface area contributed by atoms with E-state index in [-0.39, 0.29) is 0 Å². The number of hydrogen-bond acceptors (Lipinski definition) is 0. The lowest BCUT2D eigenvalue weighted by Gasteiger charge is -1.85. The van der Waals surface area contributed by atoms with Crippen molar-refractivity contribution < 1.29 is 4.57 Å². The number of aromatic nitrogens is 2. The van der Waals surface area contributed by atoms with Crippen molar-refractivity contribution in [3.05, 3.63) is 18.7 Å². The zero-order chi connectivity index (χ0) is 6.69. The molecule has 1 heterocycles. The van der Waals surface area contributed by atoms with Crippen molar-refractivity contribution in [2.24, 2.45) is 7.05 Å². The van der Waals surface area contributed by atoms with E-state index < -0.39 is 0 Å². The number of aryl methyl sites for hydroxylation is 2. The predicted octanol–water partition coefficient (Wildman–Crippen LogP) is 0.748. The van der Waals surface area contributed by atoms with Gasteiger partial charge in [-0.2, -0.15) is 0 Å². The highest BCUT2D eigenvalue weighted by Gasteiger charge is 1.95. The first-order chi connectivity index (χ1) is 4.33. The number of hydrogen-bond donors (Lipinski definition) is 0. The SMILES string of the molecule is C[n+]1ccn(CCI)c1. The van der Waals surface area contributed by atoms with E-state index in [4.69, 9.17) is 0 Å². The maximum atomic E-state index is 2.37. The summed E-state index contributed by atoms with van der Waals surface area (Å²) in [6.45, 7) is 1.11. The van der Waals surface area contributed by atoms with Crippen molar-refractivity contribution in [2.75, 3.05) is 4.43 Å². The van der Waals surface area contributed by atoms with E-state index in [1.165, 1.54) is 4.43 Å². The van der Waals surface area contributed by atoms with Crippen LogP contribution in [0.3, 0.4) is 0 Å². The van der Waals surface area contributed by atoms with Gasteiger partial charge in [0.1, 0.15) is 12.4 Å². The van der Waals surface area contributed by atoms with Crippen LogP contribution < -0.4 is 4.57 Å². The molecule has 1 aromatic rings. The predicted molar refractivity (Wildman–Crippen MR) is 44.5 cm³/mol. The van der Waals surface area contributed by atoms with Crippen molar-refractivity contribution in [3.8, 4) is 0 Å². The number of alkyl halides is 1. The van der Waals surface area contributed by atoms with E-state index in [0.29, 0.717) is 0 Å². The molecule has 9 heavy (non-hydrogen) atoms. The van der Waals surface area contributed by atoms with Crippen LogP contribution >= 0.6 is 22.6 Å². The Morgan fingerprint density at radius 2 is 2.44 bits per heavy atom. The van der Waals surface area contributed by atoms with Gasteiger partial charge in [0.15, 0.2) is 0 Å². The molecule has 0 aliphatic carbocycles. The minimum absolute atomic E-state index is 1.11.